The SMILES string of the molecule is Cc1cnc(Cn2nc(C)c3c(Cl)nc(N)nc32)c(C)c1Cl. The highest BCUT2D eigenvalue weighted by molar-refractivity contribution is 6.34. The lowest BCUT2D eigenvalue weighted by molar-refractivity contribution is 0.678. The molecular weight excluding hydrogens is 323 g/mol. The number of fused-ring (bicyclic) bond motifs is 1. The second-order valence-electron chi connectivity index (χ2n) is 5.14. The Morgan fingerprint density at radius 3 is 2.64 bits per heavy atom. The summed E-state index contributed by atoms with van der Waals surface area (Å²) in [5.74, 6) is 0.116. The Bertz CT molecular complexity index is 887. The van der Waals surface area contributed by atoms with E-state index in [0.29, 0.717) is 27.8 Å². The molecule has 3 aromatic heterocycles. The molecule has 0 fully saturated rings. The minimum Gasteiger partial charge on any atom is -0.368 e. The molecule has 0 radical (unpaired) electrons. The lowest BCUT2D eigenvalue weighted by Gasteiger charge is -2.09. The number of nitrogens with two attached hydrogens (primary N) is 1. The van der Waals surface area contributed by atoms with Crippen LogP contribution in [0.1, 0.15) is 22.5 Å². The highest BCUT2D eigenvalue weighted by atomic mass is 35.5. The first-order valence-corrected chi connectivity index (χ1v) is 7.40. The van der Waals surface area contributed by atoms with Gasteiger partial charge in [-0.25, -0.2) is 9.67 Å². The summed E-state index contributed by atoms with van der Waals surface area (Å²) >= 11 is 12.4. The summed E-state index contributed by atoms with van der Waals surface area (Å²) in [6.07, 6.45) is 1.75. The van der Waals surface area contributed by atoms with Crippen LogP contribution in [-0.2, 0) is 6.54 Å². The van der Waals surface area contributed by atoms with Crippen LogP contribution < -0.4 is 5.73 Å². The van der Waals surface area contributed by atoms with Crippen LogP contribution in [-0.4, -0.2) is 24.7 Å². The van der Waals surface area contributed by atoms with Crippen molar-refractivity contribution in [1.29, 1.82) is 0 Å². The van der Waals surface area contributed by atoms with E-state index in [2.05, 4.69) is 20.1 Å². The smallest absolute Gasteiger partial charge is 0.223 e. The Morgan fingerprint density at radius 1 is 1.18 bits per heavy atom. The van der Waals surface area contributed by atoms with Crippen molar-refractivity contribution in [3.05, 3.63) is 38.9 Å². The molecule has 2 N–H and O–H groups in total. The summed E-state index contributed by atoms with van der Waals surface area (Å²) in [7, 11) is 0. The molecule has 0 amide bonds. The summed E-state index contributed by atoms with van der Waals surface area (Å²) in [4.78, 5) is 12.7. The standard InChI is InChI=1S/C14H14Cl2N6/c1-6-4-18-9(7(2)11(6)15)5-22-13-10(8(3)21-22)12(16)19-14(17)20-13/h4H,5H2,1-3H3,(H2,17,19,20). The number of hydrogen-bond donors (Lipinski definition) is 1. The molecule has 0 aliphatic heterocycles. The van der Waals surface area contributed by atoms with Gasteiger partial charge in [0.15, 0.2) is 5.65 Å². The molecule has 6 nitrogen and oxygen atoms in total. The maximum absolute atomic E-state index is 6.29. The molecule has 0 spiro atoms. The molecule has 8 heteroatoms. The van der Waals surface area contributed by atoms with E-state index < -0.39 is 0 Å². The first kappa shape index (κ1) is 15.0. The molecule has 3 heterocycles. The van der Waals surface area contributed by atoms with Crippen LogP contribution in [0.25, 0.3) is 11.0 Å². The van der Waals surface area contributed by atoms with Crippen molar-refractivity contribution in [2.24, 2.45) is 0 Å². The lowest BCUT2D eigenvalue weighted by Crippen LogP contribution is -2.08. The summed E-state index contributed by atoms with van der Waals surface area (Å²) in [5, 5.41) is 6.19. The second kappa shape index (κ2) is 5.37. The quantitative estimate of drug-likeness (QED) is 0.727. The topological polar surface area (TPSA) is 82.5 Å². The number of nitrogen functional groups attached to an aromatic ring is 1. The number of hydrogen-bond acceptors (Lipinski definition) is 5. The second-order valence-corrected chi connectivity index (χ2v) is 5.88. The fraction of sp³-hybridized carbons (Fsp3) is 0.286. The Kier molecular flexibility index (Phi) is 3.66. The van der Waals surface area contributed by atoms with Gasteiger partial charge in [0.25, 0.3) is 0 Å². The van der Waals surface area contributed by atoms with Crippen molar-refractivity contribution in [3.8, 4) is 0 Å². The molecular formula is C14H14Cl2N6. The third-order valence-corrected chi connectivity index (χ3v) is 4.42. The van der Waals surface area contributed by atoms with Gasteiger partial charge in [0.2, 0.25) is 5.95 Å². The van der Waals surface area contributed by atoms with Crippen LogP contribution in [0.3, 0.4) is 0 Å². The molecule has 0 saturated heterocycles. The zero-order chi connectivity index (χ0) is 16.0. The van der Waals surface area contributed by atoms with E-state index in [4.69, 9.17) is 28.9 Å². The van der Waals surface area contributed by atoms with E-state index in [-0.39, 0.29) is 5.95 Å². The van der Waals surface area contributed by atoms with Gasteiger partial charge in [-0.15, -0.1) is 0 Å². The monoisotopic (exact) mass is 336 g/mol. The van der Waals surface area contributed by atoms with Gasteiger partial charge >= 0.3 is 0 Å². The van der Waals surface area contributed by atoms with Crippen molar-refractivity contribution >= 4 is 40.2 Å². The van der Waals surface area contributed by atoms with Gasteiger partial charge in [-0.2, -0.15) is 10.1 Å². The number of aromatic nitrogens is 5. The third kappa shape index (κ3) is 2.38. The summed E-state index contributed by atoms with van der Waals surface area (Å²) in [6.45, 7) is 6.15. The maximum Gasteiger partial charge on any atom is 0.223 e. The van der Waals surface area contributed by atoms with Crippen molar-refractivity contribution in [2.45, 2.75) is 27.3 Å². The van der Waals surface area contributed by atoms with Crippen LogP contribution in [0.4, 0.5) is 5.95 Å². The lowest BCUT2D eigenvalue weighted by atomic mass is 10.1. The summed E-state index contributed by atoms with van der Waals surface area (Å²) in [5.41, 5.74) is 9.72. The molecule has 0 saturated carbocycles. The summed E-state index contributed by atoms with van der Waals surface area (Å²) in [6, 6.07) is 0. The highest BCUT2D eigenvalue weighted by Gasteiger charge is 2.16. The minimum atomic E-state index is 0.116. The normalized spacial score (nSPS) is 11.3. The molecule has 0 aliphatic rings. The maximum atomic E-state index is 6.29. The molecule has 0 aromatic carbocycles. The Balaban J connectivity index is 2.14. The molecule has 114 valence electrons. The predicted molar refractivity (Wildman–Crippen MR) is 87.3 cm³/mol. The van der Waals surface area contributed by atoms with Crippen LogP contribution in [0.2, 0.25) is 10.2 Å². The van der Waals surface area contributed by atoms with Crippen LogP contribution in [0.15, 0.2) is 6.20 Å². The fourth-order valence-electron chi connectivity index (χ4n) is 2.38. The first-order chi connectivity index (χ1) is 10.4. The van der Waals surface area contributed by atoms with Gasteiger partial charge in [0.1, 0.15) is 5.15 Å². The summed E-state index contributed by atoms with van der Waals surface area (Å²) < 4.78 is 1.72. The van der Waals surface area contributed by atoms with E-state index in [1.807, 2.05) is 20.8 Å². The van der Waals surface area contributed by atoms with Crippen LogP contribution >= 0.6 is 23.2 Å². The van der Waals surface area contributed by atoms with Crippen molar-refractivity contribution in [1.82, 2.24) is 24.7 Å². The van der Waals surface area contributed by atoms with Gasteiger partial charge in [-0.05, 0) is 31.9 Å². The molecule has 3 rings (SSSR count). The number of rotatable bonds is 2. The van der Waals surface area contributed by atoms with Gasteiger partial charge in [-0.3, -0.25) is 4.98 Å². The van der Waals surface area contributed by atoms with Gasteiger partial charge in [-0.1, -0.05) is 23.2 Å². The third-order valence-electron chi connectivity index (χ3n) is 3.56. The average Bonchev–Trinajstić information content (AvgIpc) is 2.76. The van der Waals surface area contributed by atoms with Crippen molar-refractivity contribution in [3.63, 3.8) is 0 Å². The van der Waals surface area contributed by atoms with Crippen molar-refractivity contribution < 1.29 is 0 Å². The largest absolute Gasteiger partial charge is 0.368 e. The first-order valence-electron chi connectivity index (χ1n) is 6.65. The zero-order valence-electron chi connectivity index (χ0n) is 12.4. The van der Waals surface area contributed by atoms with Crippen molar-refractivity contribution in [2.75, 3.05) is 5.73 Å². The number of halogens is 2. The molecule has 0 aliphatic carbocycles. The number of nitrogens with zero attached hydrogens (tertiary/aromatic N) is 5. The molecule has 3 aromatic rings. The minimum absolute atomic E-state index is 0.116. The Morgan fingerprint density at radius 2 is 1.91 bits per heavy atom. The molecule has 22 heavy (non-hydrogen) atoms. The number of anilines is 1. The molecule has 0 atom stereocenters. The predicted octanol–water partition coefficient (Wildman–Crippen LogP) is 3.08. The van der Waals surface area contributed by atoms with Crippen LogP contribution in [0.5, 0.6) is 0 Å². The molecule has 0 unspecified atom stereocenters. The number of pyridine rings is 1. The van der Waals surface area contributed by atoms with E-state index in [9.17, 15) is 0 Å². The van der Waals surface area contributed by atoms with E-state index in [1.165, 1.54) is 0 Å². The van der Waals surface area contributed by atoms with E-state index in [1.54, 1.807) is 10.9 Å². The number of aryl methyl sites for hydroxylation is 2. The van der Waals surface area contributed by atoms with Gasteiger partial charge in [0, 0.05) is 11.2 Å². The van der Waals surface area contributed by atoms with E-state index in [0.717, 1.165) is 22.5 Å². The Hall–Kier alpha value is -1.92. The Labute approximate surface area is 137 Å². The average molecular weight is 337 g/mol. The van der Waals surface area contributed by atoms with Gasteiger partial charge in [0.05, 0.1) is 23.3 Å². The zero-order valence-corrected chi connectivity index (χ0v) is 13.9. The van der Waals surface area contributed by atoms with Gasteiger partial charge < -0.3 is 5.73 Å². The van der Waals surface area contributed by atoms with E-state index >= 15 is 0 Å². The molecule has 0 bridgehead atoms. The van der Waals surface area contributed by atoms with Crippen LogP contribution in [0, 0.1) is 20.8 Å². The fourth-order valence-corrected chi connectivity index (χ4v) is 2.84. The highest BCUT2D eigenvalue weighted by Crippen LogP contribution is 2.26.